The third-order valence-corrected chi connectivity index (χ3v) is 2.76. The summed E-state index contributed by atoms with van der Waals surface area (Å²) in [6.07, 6.45) is 3.78. The minimum absolute atomic E-state index is 0.179. The fraction of sp³-hybridized carbons (Fsp3) is 0.667. The first-order chi connectivity index (χ1) is 7.87. The maximum absolute atomic E-state index is 11.9. The number of aromatic nitrogens is 2. The number of hydrogen-bond donors (Lipinski definition) is 1. The van der Waals surface area contributed by atoms with Gasteiger partial charge in [-0.25, -0.2) is 4.79 Å². The molecule has 2 rings (SSSR count). The van der Waals surface area contributed by atoms with Gasteiger partial charge in [0, 0.05) is 6.04 Å². The van der Waals surface area contributed by atoms with Crippen LogP contribution in [-0.4, -0.2) is 27.5 Å². The minimum atomic E-state index is -0.499. The van der Waals surface area contributed by atoms with Gasteiger partial charge in [-0.15, -0.1) is 0 Å². The van der Waals surface area contributed by atoms with Crippen LogP contribution in [0.5, 0.6) is 0 Å². The van der Waals surface area contributed by atoms with E-state index in [1.54, 1.807) is 6.20 Å². The highest BCUT2D eigenvalue weighted by Gasteiger charge is 2.25. The molecule has 1 aromatic heterocycles. The highest BCUT2D eigenvalue weighted by atomic mass is 16.6. The summed E-state index contributed by atoms with van der Waals surface area (Å²) in [6.45, 7) is 5.53. The number of carbonyl (C=O) groups is 1. The van der Waals surface area contributed by atoms with Crippen LogP contribution in [0.15, 0.2) is 6.20 Å². The van der Waals surface area contributed by atoms with Crippen LogP contribution in [0.25, 0.3) is 0 Å². The number of hydrogen-bond acceptors (Lipinski definition) is 4. The van der Waals surface area contributed by atoms with Crippen molar-refractivity contribution < 1.29 is 9.53 Å². The summed E-state index contributed by atoms with van der Waals surface area (Å²) in [6, 6.07) is 0.179. The first-order valence-electron chi connectivity index (χ1n) is 5.91. The Bertz CT molecular complexity index is 431. The lowest BCUT2D eigenvalue weighted by Gasteiger charge is -2.22. The molecule has 17 heavy (non-hydrogen) atoms. The molecule has 0 spiro atoms. The molecule has 5 heteroatoms. The van der Waals surface area contributed by atoms with Crippen molar-refractivity contribution in [3.63, 3.8) is 0 Å². The Balaban J connectivity index is 2.20. The second kappa shape index (κ2) is 4.14. The first kappa shape index (κ1) is 12.1. The van der Waals surface area contributed by atoms with E-state index in [1.165, 1.54) is 4.68 Å². The van der Waals surface area contributed by atoms with Crippen LogP contribution in [0, 0.1) is 0 Å². The van der Waals surface area contributed by atoms with Gasteiger partial charge in [-0.2, -0.15) is 9.78 Å². The number of nitrogens with two attached hydrogens (primary N) is 1. The Morgan fingerprint density at radius 2 is 2.29 bits per heavy atom. The van der Waals surface area contributed by atoms with E-state index in [0.717, 1.165) is 30.5 Å². The predicted octanol–water partition coefficient (Wildman–Crippen LogP) is 1.48. The standard InChI is InChI=1S/C12H19N3O2/c1-12(2,3)17-11(16)15-10-5-4-9(13)6-8(10)7-14-15/h7,9H,4-6,13H2,1-3H3. The molecule has 94 valence electrons. The Morgan fingerprint density at radius 1 is 1.59 bits per heavy atom. The van der Waals surface area contributed by atoms with E-state index < -0.39 is 11.7 Å². The molecule has 0 fully saturated rings. The fourth-order valence-corrected chi connectivity index (χ4v) is 2.01. The van der Waals surface area contributed by atoms with Crippen molar-refractivity contribution in [3.8, 4) is 0 Å². The molecule has 1 aromatic rings. The number of ether oxygens (including phenoxy) is 1. The summed E-state index contributed by atoms with van der Waals surface area (Å²) < 4.78 is 6.67. The van der Waals surface area contributed by atoms with E-state index >= 15 is 0 Å². The number of carbonyl (C=O) groups excluding carboxylic acids is 1. The molecule has 1 unspecified atom stereocenters. The molecule has 0 bridgehead atoms. The van der Waals surface area contributed by atoms with Gasteiger partial charge in [-0.3, -0.25) is 0 Å². The Kier molecular flexibility index (Phi) is 2.95. The average molecular weight is 237 g/mol. The lowest BCUT2D eigenvalue weighted by molar-refractivity contribution is 0.0508. The lowest BCUT2D eigenvalue weighted by atomic mass is 9.94. The number of fused-ring (bicyclic) bond motifs is 1. The van der Waals surface area contributed by atoms with Gasteiger partial charge < -0.3 is 10.5 Å². The van der Waals surface area contributed by atoms with Crippen LogP contribution in [0.1, 0.15) is 38.4 Å². The summed E-state index contributed by atoms with van der Waals surface area (Å²) in [5, 5.41) is 4.10. The van der Waals surface area contributed by atoms with Crippen molar-refractivity contribution in [2.45, 2.75) is 51.7 Å². The van der Waals surface area contributed by atoms with E-state index in [4.69, 9.17) is 10.5 Å². The SMILES string of the molecule is CC(C)(C)OC(=O)n1ncc2c1CCC(N)C2. The summed E-state index contributed by atoms with van der Waals surface area (Å²) >= 11 is 0. The van der Waals surface area contributed by atoms with E-state index in [9.17, 15) is 4.79 Å². The van der Waals surface area contributed by atoms with Crippen LogP contribution in [0.2, 0.25) is 0 Å². The van der Waals surface area contributed by atoms with Gasteiger partial charge in [0.05, 0.1) is 11.9 Å². The van der Waals surface area contributed by atoms with Gasteiger partial charge in [0.15, 0.2) is 0 Å². The Hall–Kier alpha value is -1.36. The average Bonchev–Trinajstić information content (AvgIpc) is 2.57. The van der Waals surface area contributed by atoms with E-state index in [-0.39, 0.29) is 6.04 Å². The molecule has 0 saturated carbocycles. The van der Waals surface area contributed by atoms with Gasteiger partial charge in [0.1, 0.15) is 5.60 Å². The molecule has 1 heterocycles. The van der Waals surface area contributed by atoms with Crippen molar-refractivity contribution in [3.05, 3.63) is 17.5 Å². The molecule has 1 aliphatic rings. The molecule has 5 nitrogen and oxygen atoms in total. The number of rotatable bonds is 0. The molecule has 0 saturated heterocycles. The largest absolute Gasteiger partial charge is 0.442 e. The summed E-state index contributed by atoms with van der Waals surface area (Å²) in [4.78, 5) is 11.9. The molecule has 0 aliphatic heterocycles. The van der Waals surface area contributed by atoms with Crippen LogP contribution in [0.4, 0.5) is 4.79 Å². The molecular weight excluding hydrogens is 218 g/mol. The van der Waals surface area contributed by atoms with Gasteiger partial charge in [0.25, 0.3) is 0 Å². The third kappa shape index (κ3) is 2.66. The van der Waals surface area contributed by atoms with E-state index in [2.05, 4.69) is 5.10 Å². The van der Waals surface area contributed by atoms with Gasteiger partial charge in [-0.1, -0.05) is 0 Å². The van der Waals surface area contributed by atoms with Gasteiger partial charge in [0.2, 0.25) is 0 Å². The van der Waals surface area contributed by atoms with Crippen LogP contribution in [0.3, 0.4) is 0 Å². The maximum Gasteiger partial charge on any atom is 0.435 e. The maximum atomic E-state index is 11.9. The molecule has 1 atom stereocenters. The van der Waals surface area contributed by atoms with Crippen molar-refractivity contribution >= 4 is 6.09 Å². The van der Waals surface area contributed by atoms with Crippen LogP contribution < -0.4 is 5.73 Å². The second-order valence-electron chi connectivity index (χ2n) is 5.51. The monoisotopic (exact) mass is 237 g/mol. The van der Waals surface area contributed by atoms with Crippen LogP contribution >= 0.6 is 0 Å². The third-order valence-electron chi connectivity index (χ3n) is 2.76. The molecule has 0 aromatic carbocycles. The summed E-state index contributed by atoms with van der Waals surface area (Å²) in [5.41, 5.74) is 7.39. The van der Waals surface area contributed by atoms with Crippen molar-refractivity contribution in [2.75, 3.05) is 0 Å². The highest BCUT2D eigenvalue weighted by Crippen LogP contribution is 2.21. The predicted molar refractivity (Wildman–Crippen MR) is 63.9 cm³/mol. The summed E-state index contributed by atoms with van der Waals surface area (Å²) in [5.74, 6) is 0. The smallest absolute Gasteiger partial charge is 0.435 e. The molecule has 2 N–H and O–H groups in total. The highest BCUT2D eigenvalue weighted by molar-refractivity contribution is 5.71. The molecule has 0 amide bonds. The topological polar surface area (TPSA) is 70.1 Å². The minimum Gasteiger partial charge on any atom is -0.442 e. The molecule has 1 aliphatic carbocycles. The first-order valence-corrected chi connectivity index (χ1v) is 5.91. The van der Waals surface area contributed by atoms with Crippen LogP contribution in [-0.2, 0) is 17.6 Å². The zero-order valence-corrected chi connectivity index (χ0v) is 10.6. The van der Waals surface area contributed by atoms with E-state index in [1.807, 2.05) is 20.8 Å². The second-order valence-corrected chi connectivity index (χ2v) is 5.51. The Morgan fingerprint density at radius 3 is 2.94 bits per heavy atom. The zero-order chi connectivity index (χ0) is 12.6. The van der Waals surface area contributed by atoms with E-state index in [0.29, 0.717) is 0 Å². The van der Waals surface area contributed by atoms with Crippen molar-refractivity contribution in [2.24, 2.45) is 5.73 Å². The van der Waals surface area contributed by atoms with Gasteiger partial charge >= 0.3 is 6.09 Å². The zero-order valence-electron chi connectivity index (χ0n) is 10.6. The quantitative estimate of drug-likeness (QED) is 0.742. The normalized spacial score (nSPS) is 19.9. The van der Waals surface area contributed by atoms with Crippen molar-refractivity contribution in [1.82, 2.24) is 9.78 Å². The number of nitrogens with zero attached hydrogens (tertiary/aromatic N) is 2. The lowest BCUT2D eigenvalue weighted by Crippen LogP contribution is -2.32. The van der Waals surface area contributed by atoms with Crippen molar-refractivity contribution in [1.29, 1.82) is 0 Å². The molecular formula is C12H19N3O2. The fourth-order valence-electron chi connectivity index (χ4n) is 2.01. The van der Waals surface area contributed by atoms with Gasteiger partial charge in [-0.05, 0) is 45.6 Å². The molecule has 0 radical (unpaired) electrons. The Labute approximate surface area is 101 Å². The summed E-state index contributed by atoms with van der Waals surface area (Å²) in [7, 11) is 0.